The van der Waals surface area contributed by atoms with E-state index in [1.54, 1.807) is 6.20 Å². The lowest BCUT2D eigenvalue weighted by molar-refractivity contribution is 0.282. The monoisotopic (exact) mass is 368 g/mol. The van der Waals surface area contributed by atoms with Gasteiger partial charge in [0.05, 0.1) is 24.2 Å². The Morgan fingerprint density at radius 2 is 1.75 bits per heavy atom. The van der Waals surface area contributed by atoms with Crippen molar-refractivity contribution < 1.29 is 5.11 Å². The van der Waals surface area contributed by atoms with Gasteiger partial charge in [-0.2, -0.15) is 0 Å². The van der Waals surface area contributed by atoms with Crippen LogP contribution in [0.4, 0.5) is 0 Å². The normalized spacial score (nSPS) is 11.5. The van der Waals surface area contributed by atoms with E-state index in [1.165, 1.54) is 21.8 Å². The zero-order valence-corrected chi connectivity index (χ0v) is 15.6. The van der Waals surface area contributed by atoms with Crippen LogP contribution in [0.25, 0.3) is 38.8 Å². The largest absolute Gasteiger partial charge is 0.392 e. The van der Waals surface area contributed by atoms with Gasteiger partial charge >= 0.3 is 0 Å². The quantitative estimate of drug-likeness (QED) is 0.506. The highest BCUT2D eigenvalue weighted by atomic mass is 16.3. The van der Waals surface area contributed by atoms with E-state index in [2.05, 4.69) is 64.3 Å². The molecule has 0 saturated heterocycles. The van der Waals surface area contributed by atoms with Crippen LogP contribution in [-0.2, 0) is 13.2 Å². The first-order valence-electron chi connectivity index (χ1n) is 9.42. The van der Waals surface area contributed by atoms with Crippen LogP contribution in [0, 0.1) is 0 Å². The molecule has 5 rings (SSSR count). The van der Waals surface area contributed by atoms with Gasteiger partial charge in [-0.3, -0.25) is 0 Å². The predicted octanol–water partition coefficient (Wildman–Crippen LogP) is 4.55. The van der Waals surface area contributed by atoms with Gasteiger partial charge in [-0.25, -0.2) is 4.68 Å². The van der Waals surface area contributed by atoms with Gasteiger partial charge in [0.25, 0.3) is 0 Å². The van der Waals surface area contributed by atoms with Crippen molar-refractivity contribution in [2.24, 2.45) is 0 Å². The van der Waals surface area contributed by atoms with Gasteiger partial charge in [0, 0.05) is 33.9 Å². The number of fused-ring (bicyclic) bond motifs is 3. The van der Waals surface area contributed by atoms with Gasteiger partial charge in [-0.05, 0) is 42.8 Å². The van der Waals surface area contributed by atoms with Crippen LogP contribution in [0.5, 0.6) is 0 Å². The maximum atomic E-state index is 9.45. The zero-order valence-electron chi connectivity index (χ0n) is 15.6. The van der Waals surface area contributed by atoms with Crippen LogP contribution in [0.2, 0.25) is 0 Å². The Morgan fingerprint density at radius 3 is 2.61 bits per heavy atom. The SMILES string of the molecule is CCn1c2ccccc2c2cc(-n3nncc3-c3cccc(CO)c3)ccc21. The topological polar surface area (TPSA) is 55.9 Å². The number of hydrogen-bond acceptors (Lipinski definition) is 3. The summed E-state index contributed by atoms with van der Waals surface area (Å²) in [5, 5.41) is 20.4. The molecule has 0 aliphatic carbocycles. The number of para-hydroxylation sites is 1. The molecular weight excluding hydrogens is 348 g/mol. The van der Waals surface area contributed by atoms with Crippen molar-refractivity contribution in [3.05, 3.63) is 78.5 Å². The molecule has 0 radical (unpaired) electrons. The van der Waals surface area contributed by atoms with Crippen molar-refractivity contribution >= 4 is 21.8 Å². The summed E-state index contributed by atoms with van der Waals surface area (Å²) >= 11 is 0. The second-order valence-corrected chi connectivity index (χ2v) is 6.85. The average molecular weight is 368 g/mol. The Hall–Kier alpha value is -3.44. The number of aliphatic hydroxyl groups is 1. The molecule has 0 saturated carbocycles. The fourth-order valence-electron chi connectivity index (χ4n) is 3.97. The molecule has 0 aliphatic heterocycles. The van der Waals surface area contributed by atoms with Gasteiger partial charge in [-0.15, -0.1) is 5.10 Å². The first kappa shape index (κ1) is 16.7. The van der Waals surface area contributed by atoms with Gasteiger partial charge < -0.3 is 9.67 Å². The van der Waals surface area contributed by atoms with Crippen LogP contribution in [-0.4, -0.2) is 24.7 Å². The van der Waals surface area contributed by atoms with Crippen molar-refractivity contribution in [3.8, 4) is 16.9 Å². The number of nitrogens with zero attached hydrogens (tertiary/aromatic N) is 4. The molecule has 28 heavy (non-hydrogen) atoms. The van der Waals surface area contributed by atoms with Crippen molar-refractivity contribution in [3.63, 3.8) is 0 Å². The summed E-state index contributed by atoms with van der Waals surface area (Å²) in [6, 6.07) is 22.7. The molecule has 1 N–H and O–H groups in total. The minimum atomic E-state index is 0.0118. The molecule has 0 unspecified atom stereocenters. The molecule has 5 aromatic rings. The Bertz CT molecular complexity index is 1300. The highest BCUT2D eigenvalue weighted by Gasteiger charge is 2.13. The highest BCUT2D eigenvalue weighted by molar-refractivity contribution is 6.08. The highest BCUT2D eigenvalue weighted by Crippen LogP contribution is 2.31. The Balaban J connectivity index is 1.71. The Morgan fingerprint density at radius 1 is 0.893 bits per heavy atom. The van der Waals surface area contributed by atoms with E-state index in [0.717, 1.165) is 29.1 Å². The first-order chi connectivity index (χ1) is 13.8. The molecule has 0 spiro atoms. The summed E-state index contributed by atoms with van der Waals surface area (Å²) in [4.78, 5) is 0. The van der Waals surface area contributed by atoms with E-state index in [9.17, 15) is 5.11 Å². The van der Waals surface area contributed by atoms with E-state index < -0.39 is 0 Å². The fraction of sp³-hybridized carbons (Fsp3) is 0.130. The van der Waals surface area contributed by atoms with Crippen LogP contribution in [0.3, 0.4) is 0 Å². The minimum Gasteiger partial charge on any atom is -0.392 e. The van der Waals surface area contributed by atoms with Gasteiger partial charge in [-0.1, -0.05) is 41.6 Å². The maximum absolute atomic E-state index is 9.45. The van der Waals surface area contributed by atoms with Gasteiger partial charge in [0.15, 0.2) is 0 Å². The number of rotatable bonds is 4. The molecule has 0 fully saturated rings. The van der Waals surface area contributed by atoms with Gasteiger partial charge in [0.1, 0.15) is 0 Å². The lowest BCUT2D eigenvalue weighted by Crippen LogP contribution is -2.00. The molecule has 2 aromatic heterocycles. The molecule has 0 aliphatic rings. The van der Waals surface area contributed by atoms with Crippen molar-refractivity contribution in [2.45, 2.75) is 20.1 Å². The Labute approximate surface area is 162 Å². The van der Waals surface area contributed by atoms with E-state index in [0.29, 0.717) is 0 Å². The molecule has 138 valence electrons. The smallest absolute Gasteiger partial charge is 0.0944 e. The van der Waals surface area contributed by atoms with Crippen molar-refractivity contribution in [1.82, 2.24) is 19.6 Å². The minimum absolute atomic E-state index is 0.0118. The molecule has 2 heterocycles. The predicted molar refractivity (Wildman–Crippen MR) is 111 cm³/mol. The van der Waals surface area contributed by atoms with Crippen molar-refractivity contribution in [2.75, 3.05) is 0 Å². The third-order valence-electron chi connectivity index (χ3n) is 5.27. The number of aromatic nitrogens is 4. The van der Waals surface area contributed by atoms with E-state index in [4.69, 9.17) is 0 Å². The van der Waals surface area contributed by atoms with Crippen LogP contribution in [0.1, 0.15) is 12.5 Å². The van der Waals surface area contributed by atoms with E-state index in [-0.39, 0.29) is 6.61 Å². The summed E-state index contributed by atoms with van der Waals surface area (Å²) < 4.78 is 4.19. The van der Waals surface area contributed by atoms with E-state index in [1.807, 2.05) is 28.9 Å². The van der Waals surface area contributed by atoms with Crippen LogP contribution in [0.15, 0.2) is 72.9 Å². The molecule has 5 heteroatoms. The van der Waals surface area contributed by atoms with Gasteiger partial charge in [0.2, 0.25) is 0 Å². The molecule has 0 bridgehead atoms. The summed E-state index contributed by atoms with van der Waals surface area (Å²) in [6.45, 7) is 3.10. The average Bonchev–Trinajstić information content (AvgIpc) is 3.36. The lowest BCUT2D eigenvalue weighted by Gasteiger charge is -2.08. The third kappa shape index (κ3) is 2.52. The second-order valence-electron chi connectivity index (χ2n) is 6.85. The fourth-order valence-corrected chi connectivity index (χ4v) is 3.97. The zero-order chi connectivity index (χ0) is 19.1. The van der Waals surface area contributed by atoms with Crippen LogP contribution < -0.4 is 0 Å². The van der Waals surface area contributed by atoms with Crippen molar-refractivity contribution in [1.29, 1.82) is 0 Å². The summed E-state index contributed by atoms with van der Waals surface area (Å²) in [5.41, 5.74) is 6.17. The number of aliphatic hydroxyl groups excluding tert-OH is 1. The standard InChI is InChI=1S/C23H20N4O/c1-2-26-21-9-4-3-8-19(21)20-13-18(10-11-22(20)26)27-23(14-24-25-27)17-7-5-6-16(12-17)15-28/h3-14,28H,2,15H2,1H3. The van der Waals surface area contributed by atoms with Crippen LogP contribution >= 0.6 is 0 Å². The first-order valence-corrected chi connectivity index (χ1v) is 9.42. The third-order valence-corrected chi connectivity index (χ3v) is 5.27. The molecule has 3 aromatic carbocycles. The summed E-state index contributed by atoms with van der Waals surface area (Å²) in [6.07, 6.45) is 1.76. The number of aryl methyl sites for hydroxylation is 1. The Kier molecular flexibility index (Phi) is 3.95. The molecular formula is C23H20N4O. The molecule has 0 atom stereocenters. The second kappa shape index (κ2) is 6.62. The molecule has 5 nitrogen and oxygen atoms in total. The molecule has 0 amide bonds. The summed E-state index contributed by atoms with van der Waals surface area (Å²) in [7, 11) is 0. The lowest BCUT2D eigenvalue weighted by atomic mass is 10.1. The maximum Gasteiger partial charge on any atom is 0.0944 e. The number of hydrogen-bond donors (Lipinski definition) is 1. The van der Waals surface area contributed by atoms with E-state index >= 15 is 0 Å². The number of benzene rings is 3. The summed E-state index contributed by atoms with van der Waals surface area (Å²) in [5.74, 6) is 0.